The third kappa shape index (κ3) is 3.98. The number of carbonyl (C=O) groups excluding carboxylic acids is 1. The van der Waals surface area contributed by atoms with Crippen molar-refractivity contribution in [1.29, 1.82) is 0 Å². The molecule has 0 spiro atoms. The first-order valence-corrected chi connectivity index (χ1v) is 7.42. The number of carbonyl (C=O) groups is 2. The Morgan fingerprint density at radius 2 is 2.23 bits per heavy atom. The van der Waals surface area contributed by atoms with E-state index in [0.29, 0.717) is 26.1 Å². The molecule has 0 saturated heterocycles. The molecule has 0 radical (unpaired) electrons. The largest absolute Gasteiger partial charge is 0.494 e. The summed E-state index contributed by atoms with van der Waals surface area (Å²) in [6, 6.07) is 5.72. The molecule has 3 N–H and O–H groups in total. The number of amides is 1. The van der Waals surface area contributed by atoms with Crippen LogP contribution in [0.3, 0.4) is 0 Å². The summed E-state index contributed by atoms with van der Waals surface area (Å²) in [5.41, 5.74) is 7.46. The Hall–Kier alpha value is -2.08. The molecule has 1 aliphatic heterocycles. The van der Waals surface area contributed by atoms with E-state index < -0.39 is 11.9 Å². The SMILES string of the molecule is CN1Cc2cc(OCCCN)ccc2CC(CC(=O)O)C1=O. The van der Waals surface area contributed by atoms with Gasteiger partial charge in [-0.25, -0.2) is 0 Å². The lowest BCUT2D eigenvalue weighted by molar-refractivity contribution is -0.143. The van der Waals surface area contributed by atoms with Gasteiger partial charge in [-0.05, 0) is 42.6 Å². The van der Waals surface area contributed by atoms with Crippen molar-refractivity contribution < 1.29 is 19.4 Å². The molecule has 0 fully saturated rings. The molecule has 1 atom stereocenters. The molecular weight excluding hydrogens is 284 g/mol. The van der Waals surface area contributed by atoms with Crippen LogP contribution < -0.4 is 10.5 Å². The zero-order valence-corrected chi connectivity index (χ0v) is 12.7. The molecule has 0 aromatic heterocycles. The second-order valence-electron chi connectivity index (χ2n) is 5.61. The summed E-state index contributed by atoms with van der Waals surface area (Å²) in [7, 11) is 1.70. The van der Waals surface area contributed by atoms with Crippen LogP contribution in [0.25, 0.3) is 0 Å². The number of hydrogen-bond acceptors (Lipinski definition) is 4. The number of benzene rings is 1. The summed E-state index contributed by atoms with van der Waals surface area (Å²) in [6.07, 6.45) is 1.10. The number of carboxylic acids is 1. The van der Waals surface area contributed by atoms with E-state index in [1.54, 1.807) is 11.9 Å². The van der Waals surface area contributed by atoms with Gasteiger partial charge in [0.1, 0.15) is 5.75 Å². The van der Waals surface area contributed by atoms with Gasteiger partial charge in [-0.3, -0.25) is 9.59 Å². The van der Waals surface area contributed by atoms with Crippen molar-refractivity contribution in [3.8, 4) is 5.75 Å². The molecule has 1 aromatic rings. The fraction of sp³-hybridized carbons (Fsp3) is 0.500. The molecule has 1 aliphatic rings. The lowest BCUT2D eigenvalue weighted by atomic mass is 9.94. The molecule has 22 heavy (non-hydrogen) atoms. The number of aliphatic carboxylic acids is 1. The Kier molecular flexibility index (Phi) is 5.38. The molecule has 1 amide bonds. The molecule has 1 unspecified atom stereocenters. The number of rotatable bonds is 6. The van der Waals surface area contributed by atoms with Gasteiger partial charge in [0.2, 0.25) is 5.91 Å². The Labute approximate surface area is 129 Å². The third-order valence-electron chi connectivity index (χ3n) is 3.82. The lowest BCUT2D eigenvalue weighted by Gasteiger charge is -2.18. The lowest BCUT2D eigenvalue weighted by Crippen LogP contribution is -2.32. The minimum Gasteiger partial charge on any atom is -0.494 e. The van der Waals surface area contributed by atoms with E-state index >= 15 is 0 Å². The van der Waals surface area contributed by atoms with Crippen LogP contribution >= 0.6 is 0 Å². The summed E-state index contributed by atoms with van der Waals surface area (Å²) in [5, 5.41) is 8.97. The Morgan fingerprint density at radius 3 is 2.91 bits per heavy atom. The fourth-order valence-corrected chi connectivity index (χ4v) is 2.68. The van der Waals surface area contributed by atoms with Gasteiger partial charge in [-0.1, -0.05) is 6.07 Å². The van der Waals surface area contributed by atoms with Gasteiger partial charge < -0.3 is 20.5 Å². The number of fused-ring (bicyclic) bond motifs is 1. The van der Waals surface area contributed by atoms with Crippen molar-refractivity contribution >= 4 is 11.9 Å². The molecule has 1 heterocycles. The first-order valence-electron chi connectivity index (χ1n) is 7.42. The third-order valence-corrected chi connectivity index (χ3v) is 3.82. The molecule has 0 bridgehead atoms. The predicted octanol–water partition coefficient (Wildman–Crippen LogP) is 1.02. The molecule has 6 heteroatoms. The number of hydrogen-bond donors (Lipinski definition) is 2. The minimum atomic E-state index is -0.947. The van der Waals surface area contributed by atoms with Crippen LogP contribution in [0.5, 0.6) is 5.75 Å². The standard InChI is InChI=1S/C16H22N2O4/c1-18-10-13-8-14(22-6-2-5-17)4-3-11(13)7-12(16(18)21)9-15(19)20/h3-4,8,12H,2,5-7,9-10,17H2,1H3,(H,19,20). The van der Waals surface area contributed by atoms with E-state index in [9.17, 15) is 9.59 Å². The van der Waals surface area contributed by atoms with Crippen LogP contribution in [-0.4, -0.2) is 42.1 Å². The van der Waals surface area contributed by atoms with Gasteiger partial charge in [0, 0.05) is 13.6 Å². The predicted molar refractivity (Wildman–Crippen MR) is 81.5 cm³/mol. The van der Waals surface area contributed by atoms with Crippen molar-refractivity contribution in [2.45, 2.75) is 25.8 Å². The molecule has 1 aromatic carbocycles. The number of nitrogens with two attached hydrogens (primary N) is 1. The first-order chi connectivity index (χ1) is 10.5. The van der Waals surface area contributed by atoms with Crippen molar-refractivity contribution in [3.63, 3.8) is 0 Å². The highest BCUT2D eigenvalue weighted by Crippen LogP contribution is 2.27. The normalized spacial score (nSPS) is 17.8. The van der Waals surface area contributed by atoms with E-state index in [4.69, 9.17) is 15.6 Å². The molecule has 120 valence electrons. The monoisotopic (exact) mass is 306 g/mol. The molecule has 0 saturated carbocycles. The van der Waals surface area contributed by atoms with Crippen LogP contribution in [0.2, 0.25) is 0 Å². The van der Waals surface area contributed by atoms with Crippen LogP contribution in [0.15, 0.2) is 18.2 Å². The maximum absolute atomic E-state index is 12.3. The van der Waals surface area contributed by atoms with E-state index in [1.165, 1.54) is 0 Å². The summed E-state index contributed by atoms with van der Waals surface area (Å²) in [6.45, 7) is 1.61. The second kappa shape index (κ2) is 7.26. The topological polar surface area (TPSA) is 92.9 Å². The highest BCUT2D eigenvalue weighted by Gasteiger charge is 2.29. The Bertz CT molecular complexity index is 559. The van der Waals surface area contributed by atoms with Crippen molar-refractivity contribution in [2.24, 2.45) is 11.7 Å². The van der Waals surface area contributed by atoms with E-state index in [2.05, 4.69) is 0 Å². The minimum absolute atomic E-state index is 0.121. The van der Waals surface area contributed by atoms with Crippen LogP contribution in [0, 0.1) is 5.92 Å². The summed E-state index contributed by atoms with van der Waals surface area (Å²) < 4.78 is 5.63. The Balaban J connectivity index is 2.18. The average molecular weight is 306 g/mol. The maximum Gasteiger partial charge on any atom is 0.304 e. The molecule has 6 nitrogen and oxygen atoms in total. The van der Waals surface area contributed by atoms with Gasteiger partial charge in [0.15, 0.2) is 0 Å². The zero-order valence-electron chi connectivity index (χ0n) is 12.7. The van der Waals surface area contributed by atoms with Crippen LogP contribution in [-0.2, 0) is 22.6 Å². The van der Waals surface area contributed by atoms with E-state index in [1.807, 2.05) is 18.2 Å². The van der Waals surface area contributed by atoms with Gasteiger partial charge in [-0.2, -0.15) is 0 Å². The smallest absolute Gasteiger partial charge is 0.304 e. The quantitative estimate of drug-likeness (QED) is 0.765. The Morgan fingerprint density at radius 1 is 1.45 bits per heavy atom. The van der Waals surface area contributed by atoms with Crippen LogP contribution in [0.1, 0.15) is 24.0 Å². The van der Waals surface area contributed by atoms with Gasteiger partial charge in [0.25, 0.3) is 0 Å². The molecule has 2 rings (SSSR count). The van der Waals surface area contributed by atoms with Crippen molar-refractivity contribution in [3.05, 3.63) is 29.3 Å². The highest BCUT2D eigenvalue weighted by atomic mass is 16.5. The second-order valence-corrected chi connectivity index (χ2v) is 5.61. The van der Waals surface area contributed by atoms with Gasteiger partial charge >= 0.3 is 5.97 Å². The van der Waals surface area contributed by atoms with Gasteiger partial charge in [0.05, 0.1) is 18.9 Å². The number of carboxylic acid groups (broad SMARTS) is 1. The highest BCUT2D eigenvalue weighted by molar-refractivity contribution is 5.84. The fourth-order valence-electron chi connectivity index (χ4n) is 2.68. The number of nitrogens with zero attached hydrogens (tertiary/aromatic N) is 1. The molecular formula is C16H22N2O4. The van der Waals surface area contributed by atoms with E-state index in [-0.39, 0.29) is 12.3 Å². The van der Waals surface area contributed by atoms with Gasteiger partial charge in [-0.15, -0.1) is 0 Å². The maximum atomic E-state index is 12.3. The number of ether oxygens (including phenoxy) is 1. The van der Waals surface area contributed by atoms with E-state index in [0.717, 1.165) is 23.3 Å². The summed E-state index contributed by atoms with van der Waals surface area (Å²) in [4.78, 5) is 24.8. The zero-order chi connectivity index (χ0) is 16.1. The average Bonchev–Trinajstić information content (AvgIpc) is 2.57. The van der Waals surface area contributed by atoms with Crippen molar-refractivity contribution in [1.82, 2.24) is 4.90 Å². The summed E-state index contributed by atoms with van der Waals surface area (Å²) in [5.74, 6) is -0.821. The molecule has 0 aliphatic carbocycles. The first kappa shape index (κ1) is 16.3. The van der Waals surface area contributed by atoms with Crippen molar-refractivity contribution in [2.75, 3.05) is 20.2 Å². The summed E-state index contributed by atoms with van der Waals surface area (Å²) >= 11 is 0. The van der Waals surface area contributed by atoms with Crippen LogP contribution in [0.4, 0.5) is 0 Å².